The SMILES string of the molecule is CC(=O)c1ccccc1O.O=Cc1ccccc1O. The number of carbonyl (C=O) groups is 2. The zero-order valence-electron chi connectivity index (χ0n) is 10.4. The highest BCUT2D eigenvalue weighted by Crippen LogP contribution is 2.15. The maximum Gasteiger partial charge on any atom is 0.163 e. The molecule has 0 unspecified atom stereocenters. The molecular weight excluding hydrogens is 244 g/mol. The van der Waals surface area contributed by atoms with E-state index in [4.69, 9.17) is 10.2 Å². The van der Waals surface area contributed by atoms with Gasteiger partial charge in [0.25, 0.3) is 0 Å². The Balaban J connectivity index is 0.000000191. The number of hydrogen-bond donors (Lipinski definition) is 2. The van der Waals surface area contributed by atoms with Crippen molar-refractivity contribution in [1.29, 1.82) is 0 Å². The number of carbonyl (C=O) groups excluding carboxylic acids is 2. The van der Waals surface area contributed by atoms with Crippen molar-refractivity contribution in [2.45, 2.75) is 6.92 Å². The Kier molecular flexibility index (Phi) is 5.29. The van der Waals surface area contributed by atoms with Crippen LogP contribution in [0.1, 0.15) is 27.6 Å². The first-order valence-electron chi connectivity index (χ1n) is 5.58. The molecule has 0 amide bonds. The molecule has 0 aliphatic carbocycles. The van der Waals surface area contributed by atoms with Crippen LogP contribution in [0.3, 0.4) is 0 Å². The molecule has 0 fully saturated rings. The Bertz CT molecular complexity index is 576. The molecule has 98 valence electrons. The number of ketones is 1. The van der Waals surface area contributed by atoms with Crippen LogP contribution in [0.5, 0.6) is 11.5 Å². The van der Waals surface area contributed by atoms with Gasteiger partial charge in [0.05, 0.1) is 11.1 Å². The molecule has 2 aromatic carbocycles. The molecule has 2 N–H and O–H groups in total. The second kappa shape index (κ2) is 6.96. The van der Waals surface area contributed by atoms with E-state index < -0.39 is 0 Å². The predicted molar refractivity (Wildman–Crippen MR) is 71.6 cm³/mol. The molecule has 0 aliphatic rings. The number of para-hydroxylation sites is 2. The molecule has 19 heavy (non-hydrogen) atoms. The Labute approximate surface area is 111 Å². The lowest BCUT2D eigenvalue weighted by atomic mass is 10.1. The number of phenolic OH excluding ortho intramolecular Hbond substituents is 2. The van der Waals surface area contributed by atoms with Gasteiger partial charge in [0.15, 0.2) is 12.1 Å². The van der Waals surface area contributed by atoms with Crippen molar-refractivity contribution >= 4 is 12.1 Å². The molecule has 0 saturated heterocycles. The number of benzene rings is 2. The first kappa shape index (κ1) is 14.4. The summed E-state index contributed by atoms with van der Waals surface area (Å²) in [5.74, 6) is -0.0272. The van der Waals surface area contributed by atoms with Crippen molar-refractivity contribution in [2.75, 3.05) is 0 Å². The minimum Gasteiger partial charge on any atom is -0.507 e. The van der Waals surface area contributed by atoms with E-state index in [0.29, 0.717) is 17.4 Å². The molecule has 4 heteroatoms. The van der Waals surface area contributed by atoms with E-state index in [9.17, 15) is 9.59 Å². The van der Waals surface area contributed by atoms with Crippen LogP contribution in [0.4, 0.5) is 0 Å². The standard InChI is InChI=1S/C8H8O2.C7H6O2/c1-6(9)7-4-2-3-5-8(7)10;8-5-6-3-1-2-4-7(6)9/h2-5,10H,1H3;1-5,9H. The Morgan fingerprint density at radius 1 is 0.947 bits per heavy atom. The normalized spacial score (nSPS) is 9.11. The van der Waals surface area contributed by atoms with Crippen LogP contribution in [-0.4, -0.2) is 22.3 Å². The van der Waals surface area contributed by atoms with Crippen LogP contribution in [0.15, 0.2) is 48.5 Å². The van der Waals surface area contributed by atoms with E-state index in [-0.39, 0.29) is 17.3 Å². The lowest BCUT2D eigenvalue weighted by Gasteiger charge is -1.96. The number of aldehydes is 1. The Morgan fingerprint density at radius 3 is 1.84 bits per heavy atom. The maximum atomic E-state index is 10.7. The van der Waals surface area contributed by atoms with E-state index in [2.05, 4.69) is 0 Å². The second-order valence-electron chi connectivity index (χ2n) is 3.75. The van der Waals surface area contributed by atoms with Crippen molar-refractivity contribution in [1.82, 2.24) is 0 Å². The highest BCUT2D eigenvalue weighted by Gasteiger charge is 2.02. The van der Waals surface area contributed by atoms with Crippen molar-refractivity contribution < 1.29 is 19.8 Å². The summed E-state index contributed by atoms with van der Waals surface area (Å²) in [4.78, 5) is 20.8. The van der Waals surface area contributed by atoms with Gasteiger partial charge >= 0.3 is 0 Å². The molecule has 2 aromatic rings. The van der Waals surface area contributed by atoms with E-state index >= 15 is 0 Å². The smallest absolute Gasteiger partial charge is 0.163 e. The molecule has 0 aliphatic heterocycles. The molecule has 0 atom stereocenters. The van der Waals surface area contributed by atoms with Gasteiger partial charge in [-0.05, 0) is 31.2 Å². The van der Waals surface area contributed by atoms with Gasteiger partial charge in [-0.25, -0.2) is 0 Å². The number of Topliss-reactive ketones (excluding diaryl/α,β-unsaturated/α-hetero) is 1. The fraction of sp³-hybridized carbons (Fsp3) is 0.0667. The van der Waals surface area contributed by atoms with E-state index in [0.717, 1.165) is 0 Å². The minimum absolute atomic E-state index is 0.0347. The lowest BCUT2D eigenvalue weighted by Crippen LogP contribution is -1.90. The number of hydrogen-bond acceptors (Lipinski definition) is 4. The number of aromatic hydroxyl groups is 2. The number of phenols is 2. The van der Waals surface area contributed by atoms with Gasteiger partial charge in [0.2, 0.25) is 0 Å². The van der Waals surface area contributed by atoms with Crippen molar-refractivity contribution in [3.05, 3.63) is 59.7 Å². The van der Waals surface area contributed by atoms with Crippen molar-refractivity contribution in [3.8, 4) is 11.5 Å². The van der Waals surface area contributed by atoms with Gasteiger partial charge in [0, 0.05) is 0 Å². The second-order valence-corrected chi connectivity index (χ2v) is 3.75. The molecule has 0 radical (unpaired) electrons. The lowest BCUT2D eigenvalue weighted by molar-refractivity contribution is 0.101. The Hall–Kier alpha value is -2.62. The van der Waals surface area contributed by atoms with E-state index in [1.807, 2.05) is 0 Å². The summed E-state index contributed by atoms with van der Waals surface area (Å²) in [6.07, 6.45) is 0.620. The highest BCUT2D eigenvalue weighted by atomic mass is 16.3. The molecule has 0 spiro atoms. The molecule has 2 rings (SSSR count). The minimum atomic E-state index is -0.113. The topological polar surface area (TPSA) is 74.6 Å². The predicted octanol–water partition coefficient (Wildman–Crippen LogP) is 2.80. The summed E-state index contributed by atoms with van der Waals surface area (Å²) in [5.41, 5.74) is 0.708. The van der Waals surface area contributed by atoms with E-state index in [1.165, 1.54) is 19.1 Å². The molecule has 0 saturated carbocycles. The first-order valence-corrected chi connectivity index (χ1v) is 5.58. The average molecular weight is 258 g/mol. The average Bonchev–Trinajstić information content (AvgIpc) is 2.40. The monoisotopic (exact) mass is 258 g/mol. The summed E-state index contributed by atoms with van der Waals surface area (Å²) >= 11 is 0. The summed E-state index contributed by atoms with van der Waals surface area (Å²) < 4.78 is 0. The molecule has 0 bridgehead atoms. The summed E-state index contributed by atoms with van der Waals surface area (Å²) in [7, 11) is 0. The molecule has 0 heterocycles. The van der Waals surface area contributed by atoms with Gasteiger partial charge in [-0.2, -0.15) is 0 Å². The zero-order valence-corrected chi connectivity index (χ0v) is 10.4. The molecular formula is C15H14O4. The van der Waals surface area contributed by atoms with E-state index in [1.54, 1.807) is 36.4 Å². The molecule has 4 nitrogen and oxygen atoms in total. The molecule has 0 aromatic heterocycles. The zero-order chi connectivity index (χ0) is 14.3. The van der Waals surface area contributed by atoms with Gasteiger partial charge in [-0.15, -0.1) is 0 Å². The summed E-state index contributed by atoms with van der Waals surface area (Å²) in [6, 6.07) is 12.9. The summed E-state index contributed by atoms with van der Waals surface area (Å²) in [6.45, 7) is 1.43. The Morgan fingerprint density at radius 2 is 1.47 bits per heavy atom. The maximum absolute atomic E-state index is 10.7. The fourth-order valence-electron chi connectivity index (χ4n) is 1.36. The van der Waals surface area contributed by atoms with Gasteiger partial charge in [-0.3, -0.25) is 9.59 Å². The third-order valence-electron chi connectivity index (χ3n) is 2.35. The van der Waals surface area contributed by atoms with Crippen LogP contribution >= 0.6 is 0 Å². The fourth-order valence-corrected chi connectivity index (χ4v) is 1.36. The largest absolute Gasteiger partial charge is 0.507 e. The van der Waals surface area contributed by atoms with Crippen LogP contribution < -0.4 is 0 Å². The van der Waals surface area contributed by atoms with Crippen LogP contribution in [0.25, 0.3) is 0 Å². The van der Waals surface area contributed by atoms with Crippen LogP contribution in [0, 0.1) is 0 Å². The van der Waals surface area contributed by atoms with Crippen LogP contribution in [-0.2, 0) is 0 Å². The first-order chi connectivity index (χ1) is 9.06. The third kappa shape index (κ3) is 4.27. The van der Waals surface area contributed by atoms with Crippen molar-refractivity contribution in [2.24, 2.45) is 0 Å². The van der Waals surface area contributed by atoms with Crippen LogP contribution in [0.2, 0.25) is 0 Å². The quantitative estimate of drug-likeness (QED) is 0.641. The third-order valence-corrected chi connectivity index (χ3v) is 2.35. The van der Waals surface area contributed by atoms with Gasteiger partial charge < -0.3 is 10.2 Å². The number of rotatable bonds is 2. The van der Waals surface area contributed by atoms with Crippen molar-refractivity contribution in [3.63, 3.8) is 0 Å². The summed E-state index contributed by atoms with van der Waals surface area (Å²) in [5, 5.41) is 17.9. The van der Waals surface area contributed by atoms with Gasteiger partial charge in [0.1, 0.15) is 11.5 Å². The van der Waals surface area contributed by atoms with Gasteiger partial charge in [-0.1, -0.05) is 24.3 Å². The highest BCUT2D eigenvalue weighted by molar-refractivity contribution is 5.96.